The number of aliphatic carboxylic acids is 1. The van der Waals surface area contributed by atoms with Gasteiger partial charge in [0.15, 0.2) is 0 Å². The molecule has 1 fully saturated rings. The highest BCUT2D eigenvalue weighted by atomic mass is 16.4. The molecule has 0 heterocycles. The lowest BCUT2D eigenvalue weighted by Crippen LogP contribution is -2.46. The number of amides is 2. The second-order valence-electron chi connectivity index (χ2n) is 5.55. The van der Waals surface area contributed by atoms with E-state index in [1.54, 1.807) is 14.0 Å². The minimum Gasteiger partial charge on any atom is -0.481 e. The molecule has 0 spiro atoms. The third kappa shape index (κ3) is 5.06. The monoisotopic (exact) mass is 271 g/mol. The maximum absolute atomic E-state index is 11.8. The normalized spacial score (nSPS) is 17.9. The van der Waals surface area contributed by atoms with Crippen molar-refractivity contribution in [1.29, 1.82) is 0 Å². The molecule has 0 radical (unpaired) electrons. The van der Waals surface area contributed by atoms with Gasteiger partial charge in [-0.2, -0.15) is 0 Å². The highest BCUT2D eigenvalue weighted by Gasteiger charge is 2.29. The summed E-state index contributed by atoms with van der Waals surface area (Å²) >= 11 is 0. The number of nitrogens with zero attached hydrogens (tertiary/aromatic N) is 2. The van der Waals surface area contributed by atoms with Crippen molar-refractivity contribution >= 4 is 12.0 Å². The van der Waals surface area contributed by atoms with E-state index >= 15 is 0 Å². The number of carbonyl (C=O) groups excluding carboxylic acids is 1. The van der Waals surface area contributed by atoms with Crippen molar-refractivity contribution in [2.45, 2.75) is 38.8 Å². The fraction of sp³-hybridized carbons (Fsp3) is 0.846. The first-order chi connectivity index (χ1) is 8.82. The zero-order valence-corrected chi connectivity index (χ0v) is 12.2. The summed E-state index contributed by atoms with van der Waals surface area (Å²) in [5, 5.41) is 11.6. The Morgan fingerprint density at radius 3 is 2.37 bits per heavy atom. The van der Waals surface area contributed by atoms with Crippen LogP contribution in [0.25, 0.3) is 0 Å². The van der Waals surface area contributed by atoms with Gasteiger partial charge in [-0.15, -0.1) is 0 Å². The zero-order chi connectivity index (χ0) is 14.6. The molecule has 0 aliphatic heterocycles. The Bertz CT molecular complexity index is 331. The van der Waals surface area contributed by atoms with Crippen molar-refractivity contribution in [1.82, 2.24) is 15.1 Å². The van der Waals surface area contributed by atoms with Gasteiger partial charge in [0.05, 0.1) is 5.92 Å². The van der Waals surface area contributed by atoms with E-state index in [0.29, 0.717) is 18.6 Å². The van der Waals surface area contributed by atoms with Gasteiger partial charge in [-0.05, 0) is 26.8 Å². The molecule has 0 aromatic heterocycles. The number of rotatable bonds is 7. The van der Waals surface area contributed by atoms with Gasteiger partial charge in [-0.1, -0.05) is 6.92 Å². The summed E-state index contributed by atoms with van der Waals surface area (Å²) in [6.07, 6.45) is 2.48. The number of carbonyl (C=O) groups is 2. The molecule has 110 valence electrons. The van der Waals surface area contributed by atoms with Crippen molar-refractivity contribution in [3.8, 4) is 0 Å². The maximum atomic E-state index is 11.8. The molecular formula is C13H25N3O3. The summed E-state index contributed by atoms with van der Waals surface area (Å²) in [6, 6.07) is 0.738. The van der Waals surface area contributed by atoms with Crippen molar-refractivity contribution < 1.29 is 14.7 Å². The molecule has 1 aliphatic rings. The number of urea groups is 1. The van der Waals surface area contributed by atoms with Crippen LogP contribution in [-0.4, -0.2) is 66.2 Å². The van der Waals surface area contributed by atoms with E-state index in [4.69, 9.17) is 5.11 Å². The second-order valence-corrected chi connectivity index (χ2v) is 5.55. The van der Waals surface area contributed by atoms with E-state index in [0.717, 1.165) is 0 Å². The Morgan fingerprint density at radius 1 is 1.32 bits per heavy atom. The molecule has 1 saturated carbocycles. The molecule has 6 nitrogen and oxygen atoms in total. The minimum atomic E-state index is -0.888. The highest BCUT2D eigenvalue weighted by molar-refractivity contribution is 5.75. The largest absolute Gasteiger partial charge is 0.481 e. The third-order valence-electron chi connectivity index (χ3n) is 3.68. The first kappa shape index (κ1) is 15.8. The summed E-state index contributed by atoms with van der Waals surface area (Å²) in [5.41, 5.74) is 0. The summed E-state index contributed by atoms with van der Waals surface area (Å²) in [6.45, 7) is 4.47. The van der Waals surface area contributed by atoms with Crippen LogP contribution in [0, 0.1) is 5.92 Å². The van der Waals surface area contributed by atoms with Gasteiger partial charge < -0.3 is 15.3 Å². The van der Waals surface area contributed by atoms with Gasteiger partial charge in [0.25, 0.3) is 0 Å². The lowest BCUT2D eigenvalue weighted by Gasteiger charge is -2.26. The molecule has 2 atom stereocenters. The molecule has 19 heavy (non-hydrogen) atoms. The quantitative estimate of drug-likeness (QED) is 0.719. The van der Waals surface area contributed by atoms with Crippen molar-refractivity contribution in [2.24, 2.45) is 5.92 Å². The number of carboxylic acid groups (broad SMARTS) is 1. The van der Waals surface area contributed by atoms with E-state index < -0.39 is 11.9 Å². The van der Waals surface area contributed by atoms with Crippen LogP contribution >= 0.6 is 0 Å². The summed E-state index contributed by atoms with van der Waals surface area (Å²) in [4.78, 5) is 26.2. The van der Waals surface area contributed by atoms with Crippen LogP contribution in [0.4, 0.5) is 4.79 Å². The van der Waals surface area contributed by atoms with Crippen LogP contribution in [0.15, 0.2) is 0 Å². The van der Waals surface area contributed by atoms with Crippen LogP contribution in [0.2, 0.25) is 0 Å². The lowest BCUT2D eigenvalue weighted by molar-refractivity contribution is -0.141. The topological polar surface area (TPSA) is 72.9 Å². The first-order valence-corrected chi connectivity index (χ1v) is 6.76. The van der Waals surface area contributed by atoms with Crippen molar-refractivity contribution in [2.75, 3.05) is 27.2 Å². The van der Waals surface area contributed by atoms with Gasteiger partial charge in [0, 0.05) is 32.2 Å². The van der Waals surface area contributed by atoms with Crippen LogP contribution in [0.3, 0.4) is 0 Å². The maximum Gasteiger partial charge on any atom is 0.317 e. The molecule has 0 aromatic carbocycles. The summed E-state index contributed by atoms with van der Waals surface area (Å²) in [5.74, 6) is -1.44. The van der Waals surface area contributed by atoms with E-state index in [1.807, 2.05) is 0 Å². The number of nitrogens with one attached hydrogen (secondary N) is 1. The average molecular weight is 271 g/mol. The van der Waals surface area contributed by atoms with Crippen molar-refractivity contribution in [3.63, 3.8) is 0 Å². The molecular weight excluding hydrogens is 246 g/mol. The van der Waals surface area contributed by atoms with Gasteiger partial charge in [-0.25, -0.2) is 4.79 Å². The standard InChI is InChI=1S/C13H25N3O3/c1-9(12(17)18)8-15(3)13(19)14-7-10(2)16(4)11-5-6-11/h9-11H,5-8H2,1-4H3,(H,14,19)(H,17,18). The van der Waals surface area contributed by atoms with Crippen LogP contribution in [0.1, 0.15) is 26.7 Å². The minimum absolute atomic E-state index is 0.216. The van der Waals surface area contributed by atoms with Crippen molar-refractivity contribution in [3.05, 3.63) is 0 Å². The van der Waals surface area contributed by atoms with Crippen LogP contribution in [-0.2, 0) is 4.79 Å². The van der Waals surface area contributed by atoms with Gasteiger partial charge in [0.2, 0.25) is 0 Å². The highest BCUT2D eigenvalue weighted by Crippen LogP contribution is 2.26. The summed E-state index contributed by atoms with van der Waals surface area (Å²) < 4.78 is 0. The molecule has 1 aliphatic carbocycles. The smallest absolute Gasteiger partial charge is 0.317 e. The van der Waals surface area contributed by atoms with E-state index in [2.05, 4.69) is 24.2 Å². The van der Waals surface area contributed by atoms with E-state index in [9.17, 15) is 9.59 Å². The average Bonchev–Trinajstić information content (AvgIpc) is 3.18. The SMILES string of the molecule is CC(CN(C)C(=O)NCC(C)N(C)C1CC1)C(=O)O. The van der Waals surface area contributed by atoms with Crippen LogP contribution in [0.5, 0.6) is 0 Å². The predicted molar refractivity (Wildman–Crippen MR) is 73.1 cm³/mol. The Kier molecular flexibility index (Phi) is 5.60. The van der Waals surface area contributed by atoms with Gasteiger partial charge in [-0.3, -0.25) is 9.69 Å². The van der Waals surface area contributed by atoms with Crippen LogP contribution < -0.4 is 5.32 Å². The number of hydrogen-bond acceptors (Lipinski definition) is 3. The zero-order valence-electron chi connectivity index (χ0n) is 12.2. The first-order valence-electron chi connectivity index (χ1n) is 6.76. The summed E-state index contributed by atoms with van der Waals surface area (Å²) in [7, 11) is 3.69. The fourth-order valence-corrected chi connectivity index (χ4v) is 1.93. The Morgan fingerprint density at radius 2 is 1.89 bits per heavy atom. The molecule has 2 unspecified atom stereocenters. The van der Waals surface area contributed by atoms with Gasteiger partial charge in [0.1, 0.15) is 0 Å². The molecule has 2 N–H and O–H groups in total. The molecule has 2 amide bonds. The fourth-order valence-electron chi connectivity index (χ4n) is 1.93. The van der Waals surface area contributed by atoms with E-state index in [-0.39, 0.29) is 12.6 Å². The number of likely N-dealkylation sites (N-methyl/N-ethyl adjacent to an activating group) is 1. The third-order valence-corrected chi connectivity index (χ3v) is 3.68. The predicted octanol–water partition coefficient (Wildman–Crippen LogP) is 0.831. The molecule has 6 heteroatoms. The lowest BCUT2D eigenvalue weighted by atomic mass is 10.2. The Balaban J connectivity index is 2.27. The Labute approximate surface area is 114 Å². The molecule has 0 saturated heterocycles. The Hall–Kier alpha value is -1.30. The van der Waals surface area contributed by atoms with E-state index in [1.165, 1.54) is 17.7 Å². The number of hydrogen-bond donors (Lipinski definition) is 2. The molecule has 0 aromatic rings. The second kappa shape index (κ2) is 6.75. The molecule has 0 bridgehead atoms. The number of carboxylic acids is 1. The molecule has 1 rings (SSSR count). The van der Waals surface area contributed by atoms with Gasteiger partial charge >= 0.3 is 12.0 Å².